The van der Waals surface area contributed by atoms with E-state index < -0.39 is 12.0 Å². The number of carbonyl (C=O) groups excluding carboxylic acids is 1. The zero-order chi connectivity index (χ0) is 13.1. The molecule has 1 aliphatic heterocycles. The molecule has 2 rings (SSSR count). The molecule has 0 spiro atoms. The van der Waals surface area contributed by atoms with Gasteiger partial charge in [-0.1, -0.05) is 6.07 Å². The number of thiol groups is 1. The van der Waals surface area contributed by atoms with Crippen LogP contribution in [0.3, 0.4) is 0 Å². The van der Waals surface area contributed by atoms with Gasteiger partial charge in [0.1, 0.15) is 6.04 Å². The average molecular weight is 266 g/mol. The smallest absolute Gasteiger partial charge is 0.326 e. The van der Waals surface area contributed by atoms with E-state index in [-0.39, 0.29) is 17.6 Å². The SMILES string of the molecule is O=C(O)[C@H](Cc1ccccn1)N1CC(S)CC1=O. The number of hydrogen-bond donors (Lipinski definition) is 2. The minimum Gasteiger partial charge on any atom is -0.480 e. The molecule has 5 nitrogen and oxygen atoms in total. The van der Waals surface area contributed by atoms with Gasteiger partial charge in [0, 0.05) is 36.5 Å². The number of amides is 1. The molecule has 1 saturated heterocycles. The molecular formula is C12H14N2O3S. The summed E-state index contributed by atoms with van der Waals surface area (Å²) in [5.74, 6) is -1.16. The van der Waals surface area contributed by atoms with Gasteiger partial charge in [-0.05, 0) is 12.1 Å². The zero-order valence-electron chi connectivity index (χ0n) is 9.69. The van der Waals surface area contributed by atoms with Crippen LogP contribution in [-0.2, 0) is 16.0 Å². The first-order valence-corrected chi connectivity index (χ1v) is 6.20. The van der Waals surface area contributed by atoms with Crippen LogP contribution in [0.4, 0.5) is 0 Å². The first kappa shape index (κ1) is 12.9. The molecule has 1 amide bonds. The predicted octanol–water partition coefficient (Wildman–Crippen LogP) is 0.608. The lowest BCUT2D eigenvalue weighted by molar-refractivity contribution is -0.148. The van der Waals surface area contributed by atoms with Crippen LogP contribution in [0.1, 0.15) is 12.1 Å². The number of aromatic nitrogens is 1. The standard InChI is InChI=1S/C12H14N2O3S/c15-11-6-9(18)7-14(11)10(12(16)17)5-8-3-1-2-4-13-8/h1-4,9-10,18H,5-7H2,(H,16,17)/t9?,10-/m0/s1. The van der Waals surface area contributed by atoms with Crippen molar-refractivity contribution >= 4 is 24.5 Å². The third-order valence-corrected chi connectivity index (χ3v) is 3.27. The Morgan fingerprint density at radius 1 is 1.61 bits per heavy atom. The number of rotatable bonds is 4. The molecule has 1 N–H and O–H groups in total. The van der Waals surface area contributed by atoms with E-state index in [0.29, 0.717) is 18.7 Å². The molecule has 0 bridgehead atoms. The molecule has 1 unspecified atom stereocenters. The largest absolute Gasteiger partial charge is 0.480 e. The van der Waals surface area contributed by atoms with E-state index in [1.54, 1.807) is 24.4 Å². The summed E-state index contributed by atoms with van der Waals surface area (Å²) in [5.41, 5.74) is 0.667. The molecule has 1 aromatic rings. The average Bonchev–Trinajstić information content (AvgIpc) is 2.66. The highest BCUT2D eigenvalue weighted by Crippen LogP contribution is 2.20. The van der Waals surface area contributed by atoms with Gasteiger partial charge >= 0.3 is 5.97 Å². The number of carboxylic acid groups (broad SMARTS) is 1. The van der Waals surface area contributed by atoms with Gasteiger partial charge in [-0.15, -0.1) is 0 Å². The molecule has 0 aromatic carbocycles. The second-order valence-electron chi connectivity index (χ2n) is 4.28. The Hall–Kier alpha value is -1.56. The minimum absolute atomic E-state index is 0.0805. The van der Waals surface area contributed by atoms with Crippen LogP contribution in [-0.4, -0.2) is 44.7 Å². The summed E-state index contributed by atoms with van der Waals surface area (Å²) in [4.78, 5) is 28.5. The van der Waals surface area contributed by atoms with Gasteiger partial charge < -0.3 is 10.0 Å². The molecule has 1 aliphatic rings. The van der Waals surface area contributed by atoms with Crippen molar-refractivity contribution in [1.82, 2.24) is 9.88 Å². The Labute approximate surface area is 110 Å². The number of hydrogen-bond acceptors (Lipinski definition) is 4. The van der Waals surface area contributed by atoms with Gasteiger partial charge in [0.15, 0.2) is 0 Å². The Morgan fingerprint density at radius 3 is 2.89 bits per heavy atom. The van der Waals surface area contributed by atoms with E-state index in [9.17, 15) is 14.7 Å². The molecule has 96 valence electrons. The summed E-state index contributed by atoms with van der Waals surface area (Å²) in [6, 6.07) is 4.47. The third-order valence-electron chi connectivity index (χ3n) is 2.93. The summed E-state index contributed by atoms with van der Waals surface area (Å²) >= 11 is 4.23. The van der Waals surface area contributed by atoms with Crippen molar-refractivity contribution in [3.05, 3.63) is 30.1 Å². The summed E-state index contributed by atoms with van der Waals surface area (Å²) in [5, 5.41) is 9.17. The summed E-state index contributed by atoms with van der Waals surface area (Å²) in [7, 11) is 0. The van der Waals surface area contributed by atoms with Gasteiger partial charge in [0.2, 0.25) is 5.91 Å². The topological polar surface area (TPSA) is 70.5 Å². The fourth-order valence-electron chi connectivity index (χ4n) is 2.06. The Balaban J connectivity index is 2.14. The van der Waals surface area contributed by atoms with Gasteiger partial charge in [-0.2, -0.15) is 12.6 Å². The van der Waals surface area contributed by atoms with Gasteiger partial charge in [-0.25, -0.2) is 4.79 Å². The van der Waals surface area contributed by atoms with Crippen LogP contribution in [0.2, 0.25) is 0 Å². The number of likely N-dealkylation sites (tertiary alicyclic amines) is 1. The predicted molar refractivity (Wildman–Crippen MR) is 68.5 cm³/mol. The Kier molecular flexibility index (Phi) is 3.86. The van der Waals surface area contributed by atoms with E-state index in [1.807, 2.05) is 0 Å². The Morgan fingerprint density at radius 2 is 2.39 bits per heavy atom. The van der Waals surface area contributed by atoms with Crippen LogP contribution in [0.5, 0.6) is 0 Å². The highest BCUT2D eigenvalue weighted by atomic mass is 32.1. The maximum absolute atomic E-state index is 11.7. The highest BCUT2D eigenvalue weighted by molar-refractivity contribution is 7.81. The lowest BCUT2D eigenvalue weighted by atomic mass is 10.1. The molecule has 1 aromatic heterocycles. The fourth-order valence-corrected chi connectivity index (χ4v) is 2.39. The van der Waals surface area contributed by atoms with E-state index in [1.165, 1.54) is 4.90 Å². The van der Waals surface area contributed by atoms with Crippen molar-refractivity contribution in [2.24, 2.45) is 0 Å². The molecule has 2 heterocycles. The monoisotopic (exact) mass is 266 g/mol. The Bertz CT molecular complexity index is 452. The van der Waals surface area contributed by atoms with Crippen molar-refractivity contribution in [1.29, 1.82) is 0 Å². The number of carbonyl (C=O) groups is 2. The van der Waals surface area contributed by atoms with E-state index in [4.69, 9.17) is 0 Å². The summed E-state index contributed by atoms with van der Waals surface area (Å²) < 4.78 is 0. The number of pyridine rings is 1. The second kappa shape index (κ2) is 5.39. The quantitative estimate of drug-likeness (QED) is 0.783. The second-order valence-corrected chi connectivity index (χ2v) is 5.01. The van der Waals surface area contributed by atoms with Crippen molar-refractivity contribution < 1.29 is 14.7 Å². The van der Waals surface area contributed by atoms with Crippen molar-refractivity contribution in [3.8, 4) is 0 Å². The number of aliphatic carboxylic acids is 1. The van der Waals surface area contributed by atoms with Crippen LogP contribution >= 0.6 is 12.6 Å². The molecule has 0 saturated carbocycles. The summed E-state index contributed by atoms with van der Waals surface area (Å²) in [6.45, 7) is 0.381. The normalized spacial score (nSPS) is 21.1. The van der Waals surface area contributed by atoms with Crippen LogP contribution in [0.25, 0.3) is 0 Å². The first-order valence-electron chi connectivity index (χ1n) is 5.68. The lowest BCUT2D eigenvalue weighted by Gasteiger charge is -2.24. The van der Waals surface area contributed by atoms with Crippen molar-refractivity contribution in [3.63, 3.8) is 0 Å². The zero-order valence-corrected chi connectivity index (χ0v) is 10.6. The van der Waals surface area contributed by atoms with E-state index in [2.05, 4.69) is 17.6 Å². The number of carboxylic acids is 1. The molecule has 1 fully saturated rings. The van der Waals surface area contributed by atoms with E-state index in [0.717, 1.165) is 0 Å². The molecule has 0 aliphatic carbocycles. The number of nitrogens with zero attached hydrogens (tertiary/aromatic N) is 2. The van der Waals surface area contributed by atoms with Gasteiger partial charge in [0.25, 0.3) is 0 Å². The first-order chi connectivity index (χ1) is 8.58. The fraction of sp³-hybridized carbons (Fsp3) is 0.417. The van der Waals surface area contributed by atoms with Crippen LogP contribution in [0, 0.1) is 0 Å². The lowest BCUT2D eigenvalue weighted by Crippen LogP contribution is -2.44. The minimum atomic E-state index is -1.00. The van der Waals surface area contributed by atoms with Crippen molar-refractivity contribution in [2.75, 3.05) is 6.54 Å². The van der Waals surface area contributed by atoms with Crippen molar-refractivity contribution in [2.45, 2.75) is 24.1 Å². The molecule has 18 heavy (non-hydrogen) atoms. The molecule has 0 radical (unpaired) electrons. The molecule has 6 heteroatoms. The maximum Gasteiger partial charge on any atom is 0.326 e. The van der Waals surface area contributed by atoms with Gasteiger partial charge in [-0.3, -0.25) is 9.78 Å². The molecule has 2 atom stereocenters. The van der Waals surface area contributed by atoms with E-state index >= 15 is 0 Å². The van der Waals surface area contributed by atoms with Crippen LogP contribution < -0.4 is 0 Å². The maximum atomic E-state index is 11.7. The summed E-state index contributed by atoms with van der Waals surface area (Å²) in [6.07, 6.45) is 2.14. The van der Waals surface area contributed by atoms with Gasteiger partial charge in [0.05, 0.1) is 0 Å². The third kappa shape index (κ3) is 2.81. The van der Waals surface area contributed by atoms with Crippen LogP contribution in [0.15, 0.2) is 24.4 Å². The highest BCUT2D eigenvalue weighted by Gasteiger charge is 2.36. The molecular weight excluding hydrogens is 252 g/mol.